The first kappa shape index (κ1) is 15.2. The summed E-state index contributed by atoms with van der Waals surface area (Å²) in [5.41, 5.74) is 0. The lowest BCUT2D eigenvalue weighted by Gasteiger charge is -2.36. The Morgan fingerprint density at radius 3 is 2.29 bits per heavy atom. The molecular formula is C14H30O2Si. The van der Waals surface area contributed by atoms with Gasteiger partial charge in [-0.15, -0.1) is 0 Å². The van der Waals surface area contributed by atoms with Crippen LogP contribution in [0.15, 0.2) is 0 Å². The smallest absolute Gasteiger partial charge is 0.191 e. The van der Waals surface area contributed by atoms with E-state index in [-0.39, 0.29) is 0 Å². The topological polar surface area (TPSA) is 18.5 Å². The SMILES string of the molecule is CC(C)(C)[Si](C)(C)OCCCC1CCOCC1. The van der Waals surface area contributed by atoms with Crippen molar-refractivity contribution in [3.8, 4) is 0 Å². The van der Waals surface area contributed by atoms with Crippen LogP contribution in [-0.2, 0) is 9.16 Å². The van der Waals surface area contributed by atoms with Crippen molar-refractivity contribution >= 4 is 8.32 Å². The molecule has 0 amide bonds. The lowest BCUT2D eigenvalue weighted by molar-refractivity contribution is 0.0618. The average molecular weight is 258 g/mol. The fraction of sp³-hybridized carbons (Fsp3) is 1.00. The molecule has 0 radical (unpaired) electrons. The summed E-state index contributed by atoms with van der Waals surface area (Å²) >= 11 is 0. The first-order valence-electron chi connectivity index (χ1n) is 7.04. The van der Waals surface area contributed by atoms with Crippen LogP contribution in [0, 0.1) is 5.92 Å². The molecule has 102 valence electrons. The molecule has 0 aromatic rings. The van der Waals surface area contributed by atoms with Gasteiger partial charge in [0.1, 0.15) is 0 Å². The Hall–Kier alpha value is 0.137. The van der Waals surface area contributed by atoms with Gasteiger partial charge in [-0.2, -0.15) is 0 Å². The van der Waals surface area contributed by atoms with Gasteiger partial charge >= 0.3 is 0 Å². The van der Waals surface area contributed by atoms with Gasteiger partial charge in [0.05, 0.1) is 0 Å². The molecular weight excluding hydrogens is 228 g/mol. The third-order valence-corrected chi connectivity index (χ3v) is 8.90. The second kappa shape index (κ2) is 6.35. The van der Waals surface area contributed by atoms with Gasteiger partial charge in [-0.1, -0.05) is 20.8 Å². The van der Waals surface area contributed by atoms with Crippen molar-refractivity contribution in [2.24, 2.45) is 5.92 Å². The van der Waals surface area contributed by atoms with E-state index in [0.717, 1.165) is 25.7 Å². The van der Waals surface area contributed by atoms with E-state index in [2.05, 4.69) is 33.9 Å². The van der Waals surface area contributed by atoms with Crippen molar-refractivity contribution < 1.29 is 9.16 Å². The summed E-state index contributed by atoms with van der Waals surface area (Å²) < 4.78 is 11.6. The van der Waals surface area contributed by atoms with Crippen LogP contribution in [0.3, 0.4) is 0 Å². The largest absolute Gasteiger partial charge is 0.417 e. The van der Waals surface area contributed by atoms with Gasteiger partial charge in [-0.05, 0) is 49.7 Å². The maximum absolute atomic E-state index is 6.19. The third kappa shape index (κ3) is 5.10. The van der Waals surface area contributed by atoms with Crippen molar-refractivity contribution in [1.82, 2.24) is 0 Å². The summed E-state index contributed by atoms with van der Waals surface area (Å²) in [6, 6.07) is 0. The molecule has 0 spiro atoms. The molecule has 1 aliphatic rings. The molecule has 0 aliphatic carbocycles. The minimum Gasteiger partial charge on any atom is -0.417 e. The van der Waals surface area contributed by atoms with Crippen LogP contribution in [0.4, 0.5) is 0 Å². The van der Waals surface area contributed by atoms with Gasteiger partial charge in [-0.25, -0.2) is 0 Å². The molecule has 0 aromatic heterocycles. The van der Waals surface area contributed by atoms with E-state index >= 15 is 0 Å². The van der Waals surface area contributed by atoms with E-state index in [9.17, 15) is 0 Å². The zero-order chi connectivity index (χ0) is 12.9. The quantitative estimate of drug-likeness (QED) is 0.543. The number of hydrogen-bond acceptors (Lipinski definition) is 2. The van der Waals surface area contributed by atoms with Gasteiger partial charge in [0, 0.05) is 19.8 Å². The summed E-state index contributed by atoms with van der Waals surface area (Å²) in [4.78, 5) is 0. The number of hydrogen-bond donors (Lipinski definition) is 0. The predicted octanol–water partition coefficient (Wildman–Crippen LogP) is 4.22. The maximum atomic E-state index is 6.19. The van der Waals surface area contributed by atoms with Gasteiger partial charge in [0.25, 0.3) is 0 Å². The van der Waals surface area contributed by atoms with Gasteiger partial charge in [0.2, 0.25) is 0 Å². The molecule has 0 saturated carbocycles. The Balaban J connectivity index is 2.15. The minimum absolute atomic E-state index is 0.339. The number of ether oxygens (including phenoxy) is 1. The Labute approximate surface area is 108 Å². The van der Waals surface area contributed by atoms with Crippen molar-refractivity contribution in [2.75, 3.05) is 19.8 Å². The predicted molar refractivity (Wildman–Crippen MR) is 75.9 cm³/mol. The monoisotopic (exact) mass is 258 g/mol. The van der Waals surface area contributed by atoms with Crippen LogP contribution in [0.25, 0.3) is 0 Å². The molecule has 1 saturated heterocycles. The summed E-state index contributed by atoms with van der Waals surface area (Å²) in [6.07, 6.45) is 5.04. The zero-order valence-corrected chi connectivity index (χ0v) is 13.3. The first-order valence-corrected chi connectivity index (χ1v) is 9.95. The second-order valence-corrected chi connectivity index (χ2v) is 11.6. The van der Waals surface area contributed by atoms with Crippen molar-refractivity contribution in [3.63, 3.8) is 0 Å². The summed E-state index contributed by atoms with van der Waals surface area (Å²) in [6.45, 7) is 14.5. The van der Waals surface area contributed by atoms with E-state index in [1.165, 1.54) is 25.7 Å². The highest BCUT2D eigenvalue weighted by Crippen LogP contribution is 2.36. The van der Waals surface area contributed by atoms with Crippen molar-refractivity contribution in [1.29, 1.82) is 0 Å². The van der Waals surface area contributed by atoms with Crippen LogP contribution >= 0.6 is 0 Å². The van der Waals surface area contributed by atoms with Crippen molar-refractivity contribution in [3.05, 3.63) is 0 Å². The van der Waals surface area contributed by atoms with Crippen LogP contribution in [0.2, 0.25) is 18.1 Å². The van der Waals surface area contributed by atoms with E-state index in [1.54, 1.807) is 0 Å². The fourth-order valence-corrected chi connectivity index (χ4v) is 3.04. The molecule has 1 fully saturated rings. The lowest BCUT2D eigenvalue weighted by Crippen LogP contribution is -2.41. The molecule has 0 aromatic carbocycles. The molecule has 0 unspecified atom stereocenters. The van der Waals surface area contributed by atoms with Crippen LogP contribution in [0.5, 0.6) is 0 Å². The Morgan fingerprint density at radius 2 is 1.76 bits per heavy atom. The molecule has 0 atom stereocenters. The van der Waals surface area contributed by atoms with E-state index < -0.39 is 8.32 Å². The van der Waals surface area contributed by atoms with Crippen molar-refractivity contribution in [2.45, 2.75) is 64.6 Å². The molecule has 1 aliphatic heterocycles. The molecule has 1 rings (SSSR count). The number of rotatable bonds is 5. The highest BCUT2D eigenvalue weighted by atomic mass is 28.4. The molecule has 2 nitrogen and oxygen atoms in total. The molecule has 3 heteroatoms. The Bertz CT molecular complexity index is 215. The highest BCUT2D eigenvalue weighted by Gasteiger charge is 2.36. The summed E-state index contributed by atoms with van der Waals surface area (Å²) in [7, 11) is -1.52. The second-order valence-electron chi connectivity index (χ2n) is 6.81. The Morgan fingerprint density at radius 1 is 1.18 bits per heavy atom. The normalized spacial score (nSPS) is 19.6. The van der Waals surface area contributed by atoms with E-state index in [0.29, 0.717) is 5.04 Å². The van der Waals surface area contributed by atoms with E-state index in [1.807, 2.05) is 0 Å². The Kier molecular flexibility index (Phi) is 5.67. The third-order valence-electron chi connectivity index (χ3n) is 4.37. The van der Waals surface area contributed by atoms with Crippen LogP contribution in [-0.4, -0.2) is 28.1 Å². The standard InChI is InChI=1S/C14H30O2Si/c1-14(2,3)17(4,5)16-10-6-7-13-8-11-15-12-9-13/h13H,6-12H2,1-5H3. The molecule has 0 N–H and O–H groups in total. The van der Waals surface area contributed by atoms with Gasteiger partial charge in [0.15, 0.2) is 8.32 Å². The summed E-state index contributed by atoms with van der Waals surface area (Å²) in [5, 5.41) is 0.339. The van der Waals surface area contributed by atoms with Gasteiger partial charge < -0.3 is 9.16 Å². The molecule has 1 heterocycles. The zero-order valence-electron chi connectivity index (χ0n) is 12.3. The fourth-order valence-electron chi connectivity index (χ4n) is 1.95. The van der Waals surface area contributed by atoms with Crippen LogP contribution in [0.1, 0.15) is 46.5 Å². The lowest BCUT2D eigenvalue weighted by atomic mass is 9.95. The van der Waals surface area contributed by atoms with E-state index in [4.69, 9.17) is 9.16 Å². The average Bonchev–Trinajstić information content (AvgIpc) is 2.24. The highest BCUT2D eigenvalue weighted by molar-refractivity contribution is 6.74. The molecule has 17 heavy (non-hydrogen) atoms. The summed E-state index contributed by atoms with van der Waals surface area (Å²) in [5.74, 6) is 0.881. The van der Waals surface area contributed by atoms with Crippen LogP contribution < -0.4 is 0 Å². The molecule has 0 bridgehead atoms. The first-order chi connectivity index (χ1) is 7.83. The maximum Gasteiger partial charge on any atom is 0.191 e. The minimum atomic E-state index is -1.52. The van der Waals surface area contributed by atoms with Gasteiger partial charge in [-0.3, -0.25) is 0 Å².